The van der Waals surface area contributed by atoms with Crippen molar-refractivity contribution in [3.8, 4) is 11.4 Å². The molecule has 1 aromatic carbocycles. The lowest BCUT2D eigenvalue weighted by Crippen LogP contribution is -2.32. The minimum atomic E-state index is 1.01. The van der Waals surface area contributed by atoms with Gasteiger partial charge in [0, 0.05) is 35.5 Å². The highest BCUT2D eigenvalue weighted by Crippen LogP contribution is 2.26. The molecule has 0 radical (unpaired) electrons. The maximum Gasteiger partial charge on any atom is 0.141 e. The first-order valence-corrected chi connectivity index (χ1v) is 8.12. The van der Waals surface area contributed by atoms with Crippen molar-refractivity contribution in [1.82, 2.24) is 14.5 Å². The summed E-state index contributed by atoms with van der Waals surface area (Å²) >= 11 is 3.62. The van der Waals surface area contributed by atoms with E-state index in [1.54, 1.807) is 0 Å². The van der Waals surface area contributed by atoms with Crippen molar-refractivity contribution in [1.29, 1.82) is 0 Å². The highest BCUT2D eigenvalue weighted by atomic mass is 79.9. The Balaban J connectivity index is 1.72. The molecule has 1 aromatic heterocycles. The Labute approximate surface area is 128 Å². The number of nitrogens with zero attached hydrogens (tertiary/aromatic N) is 3. The molecule has 0 amide bonds. The highest BCUT2D eigenvalue weighted by Gasteiger charge is 2.12. The average molecular weight is 334 g/mol. The van der Waals surface area contributed by atoms with Gasteiger partial charge >= 0.3 is 0 Å². The molecule has 1 fully saturated rings. The van der Waals surface area contributed by atoms with Crippen molar-refractivity contribution in [2.75, 3.05) is 19.6 Å². The summed E-state index contributed by atoms with van der Waals surface area (Å²) in [6.45, 7) is 4.63. The van der Waals surface area contributed by atoms with Gasteiger partial charge in [0.2, 0.25) is 0 Å². The van der Waals surface area contributed by atoms with Crippen LogP contribution in [0.25, 0.3) is 11.4 Å². The van der Waals surface area contributed by atoms with E-state index in [0.717, 1.165) is 29.0 Å². The fourth-order valence-electron chi connectivity index (χ4n) is 2.81. The molecule has 0 unspecified atom stereocenters. The maximum atomic E-state index is 4.53. The summed E-state index contributed by atoms with van der Waals surface area (Å²) in [5, 5.41) is 0. The van der Waals surface area contributed by atoms with E-state index in [4.69, 9.17) is 0 Å². The van der Waals surface area contributed by atoms with Crippen LogP contribution in [0.3, 0.4) is 0 Å². The molecule has 3 nitrogen and oxygen atoms in total. The van der Waals surface area contributed by atoms with Crippen molar-refractivity contribution in [2.24, 2.45) is 0 Å². The second-order valence-corrected chi connectivity index (χ2v) is 6.18. The molecule has 2 heterocycles. The molecule has 2 aromatic rings. The first-order valence-electron chi connectivity index (χ1n) is 7.33. The molecule has 0 spiro atoms. The van der Waals surface area contributed by atoms with Crippen LogP contribution in [0.1, 0.15) is 19.3 Å². The number of aromatic nitrogens is 2. The smallest absolute Gasteiger partial charge is 0.141 e. The van der Waals surface area contributed by atoms with E-state index in [1.807, 2.05) is 12.3 Å². The predicted octanol–water partition coefficient (Wildman–Crippen LogP) is 3.80. The second kappa shape index (κ2) is 6.55. The number of piperidine rings is 1. The molecule has 1 aliphatic heterocycles. The lowest BCUT2D eigenvalue weighted by atomic mass is 10.1. The molecule has 1 aliphatic rings. The lowest BCUT2D eigenvalue weighted by molar-refractivity contribution is 0.221. The van der Waals surface area contributed by atoms with E-state index < -0.39 is 0 Å². The van der Waals surface area contributed by atoms with Gasteiger partial charge in [-0.2, -0.15) is 0 Å². The Morgan fingerprint density at radius 1 is 1.05 bits per heavy atom. The van der Waals surface area contributed by atoms with Crippen LogP contribution < -0.4 is 0 Å². The third kappa shape index (κ3) is 3.13. The Kier molecular flexibility index (Phi) is 4.53. The van der Waals surface area contributed by atoms with Crippen molar-refractivity contribution in [3.63, 3.8) is 0 Å². The zero-order valence-electron chi connectivity index (χ0n) is 11.6. The van der Waals surface area contributed by atoms with Crippen LogP contribution in [0.15, 0.2) is 41.1 Å². The average Bonchev–Trinajstić information content (AvgIpc) is 2.95. The first kappa shape index (κ1) is 13.8. The Bertz CT molecular complexity index is 558. The van der Waals surface area contributed by atoms with Crippen LogP contribution in [-0.2, 0) is 6.54 Å². The topological polar surface area (TPSA) is 21.1 Å². The zero-order valence-corrected chi connectivity index (χ0v) is 13.2. The van der Waals surface area contributed by atoms with E-state index >= 15 is 0 Å². The SMILES string of the molecule is Brc1ccccc1-c1nccn1CCN1CCCCC1. The van der Waals surface area contributed by atoms with Crippen LogP contribution in [-0.4, -0.2) is 34.1 Å². The van der Waals surface area contributed by atoms with E-state index in [9.17, 15) is 0 Å². The largest absolute Gasteiger partial charge is 0.330 e. The van der Waals surface area contributed by atoms with E-state index in [2.05, 4.69) is 54.8 Å². The molecular formula is C16H20BrN3. The number of hydrogen-bond acceptors (Lipinski definition) is 2. The predicted molar refractivity (Wildman–Crippen MR) is 85.7 cm³/mol. The van der Waals surface area contributed by atoms with Gasteiger partial charge in [-0.25, -0.2) is 4.98 Å². The quantitative estimate of drug-likeness (QED) is 0.848. The summed E-state index contributed by atoms with van der Waals surface area (Å²) in [7, 11) is 0. The molecule has 0 aliphatic carbocycles. The van der Waals surface area contributed by atoms with Gasteiger partial charge in [-0.15, -0.1) is 0 Å². The molecule has 106 valence electrons. The van der Waals surface area contributed by atoms with E-state index in [1.165, 1.54) is 32.4 Å². The number of benzene rings is 1. The summed E-state index contributed by atoms with van der Waals surface area (Å²) in [4.78, 5) is 7.09. The molecule has 0 N–H and O–H groups in total. The van der Waals surface area contributed by atoms with Gasteiger partial charge in [0.25, 0.3) is 0 Å². The van der Waals surface area contributed by atoms with Crippen molar-refractivity contribution in [3.05, 3.63) is 41.1 Å². The molecule has 0 saturated carbocycles. The first-order chi connectivity index (χ1) is 9.84. The third-order valence-corrected chi connectivity index (χ3v) is 4.63. The van der Waals surface area contributed by atoms with Gasteiger partial charge in [-0.1, -0.05) is 40.5 Å². The standard InChI is InChI=1S/C16H20BrN3/c17-15-7-3-2-6-14(15)16-18-8-11-20(16)13-12-19-9-4-1-5-10-19/h2-3,6-8,11H,1,4-5,9-10,12-13H2. The van der Waals surface area contributed by atoms with Gasteiger partial charge in [0.05, 0.1) is 0 Å². The zero-order chi connectivity index (χ0) is 13.8. The normalized spacial score (nSPS) is 16.4. The third-order valence-electron chi connectivity index (χ3n) is 3.94. The van der Waals surface area contributed by atoms with E-state index in [-0.39, 0.29) is 0 Å². The molecule has 1 saturated heterocycles. The lowest BCUT2D eigenvalue weighted by Gasteiger charge is -2.26. The Morgan fingerprint density at radius 3 is 2.65 bits per heavy atom. The van der Waals surface area contributed by atoms with Gasteiger partial charge in [-0.05, 0) is 32.0 Å². The molecule has 4 heteroatoms. The van der Waals surface area contributed by atoms with Crippen LogP contribution in [0.5, 0.6) is 0 Å². The van der Waals surface area contributed by atoms with Gasteiger partial charge in [-0.3, -0.25) is 0 Å². The number of likely N-dealkylation sites (tertiary alicyclic amines) is 1. The number of halogens is 1. The van der Waals surface area contributed by atoms with Crippen LogP contribution in [0.4, 0.5) is 0 Å². The highest BCUT2D eigenvalue weighted by molar-refractivity contribution is 9.10. The van der Waals surface area contributed by atoms with Crippen LogP contribution in [0.2, 0.25) is 0 Å². The summed E-state index contributed by atoms with van der Waals surface area (Å²) in [5.41, 5.74) is 1.16. The van der Waals surface area contributed by atoms with Gasteiger partial charge in [0.15, 0.2) is 0 Å². The minimum Gasteiger partial charge on any atom is -0.330 e. The second-order valence-electron chi connectivity index (χ2n) is 5.33. The summed E-state index contributed by atoms with van der Waals surface area (Å²) in [6, 6.07) is 8.28. The maximum absolute atomic E-state index is 4.53. The summed E-state index contributed by atoms with van der Waals surface area (Å²) in [5.74, 6) is 1.05. The summed E-state index contributed by atoms with van der Waals surface area (Å²) in [6.07, 6.45) is 8.07. The van der Waals surface area contributed by atoms with Crippen LogP contribution in [0, 0.1) is 0 Å². The molecule has 20 heavy (non-hydrogen) atoms. The van der Waals surface area contributed by atoms with Crippen molar-refractivity contribution < 1.29 is 0 Å². The fourth-order valence-corrected chi connectivity index (χ4v) is 3.27. The molecular weight excluding hydrogens is 314 g/mol. The number of hydrogen-bond donors (Lipinski definition) is 0. The van der Waals surface area contributed by atoms with Crippen molar-refractivity contribution >= 4 is 15.9 Å². The molecule has 0 bridgehead atoms. The fraction of sp³-hybridized carbons (Fsp3) is 0.438. The Hall–Kier alpha value is -1.13. The van der Waals surface area contributed by atoms with Crippen molar-refractivity contribution in [2.45, 2.75) is 25.8 Å². The minimum absolute atomic E-state index is 1.01. The summed E-state index contributed by atoms with van der Waals surface area (Å²) < 4.78 is 3.36. The number of rotatable bonds is 4. The van der Waals surface area contributed by atoms with Gasteiger partial charge in [0.1, 0.15) is 5.82 Å². The molecule has 3 rings (SSSR count). The van der Waals surface area contributed by atoms with Crippen LogP contribution >= 0.6 is 15.9 Å². The number of imidazole rings is 1. The monoisotopic (exact) mass is 333 g/mol. The van der Waals surface area contributed by atoms with Gasteiger partial charge < -0.3 is 9.47 Å². The Morgan fingerprint density at radius 2 is 1.85 bits per heavy atom. The van der Waals surface area contributed by atoms with E-state index in [0.29, 0.717) is 0 Å². The molecule has 0 atom stereocenters.